The number of hydrogen-bond donors (Lipinski definition) is 1. The molecule has 0 amide bonds. The zero-order chi connectivity index (χ0) is 13.8. The molecule has 0 bridgehead atoms. The van der Waals surface area contributed by atoms with Crippen molar-refractivity contribution in [1.29, 1.82) is 0 Å². The van der Waals surface area contributed by atoms with Crippen molar-refractivity contribution < 1.29 is 4.74 Å². The van der Waals surface area contributed by atoms with Crippen LogP contribution < -0.4 is 5.73 Å². The van der Waals surface area contributed by atoms with Gasteiger partial charge < -0.3 is 10.5 Å². The number of nitrogens with zero attached hydrogens (tertiary/aromatic N) is 1. The summed E-state index contributed by atoms with van der Waals surface area (Å²) >= 11 is 0. The van der Waals surface area contributed by atoms with E-state index in [0.717, 1.165) is 26.1 Å². The summed E-state index contributed by atoms with van der Waals surface area (Å²) in [6.45, 7) is 7.19. The molecule has 1 aromatic carbocycles. The summed E-state index contributed by atoms with van der Waals surface area (Å²) < 4.78 is 5.24. The molecule has 3 nitrogen and oxygen atoms in total. The monoisotopic (exact) mass is 262 g/mol. The van der Waals surface area contributed by atoms with Crippen LogP contribution in [0.25, 0.3) is 0 Å². The molecule has 106 valence electrons. The third-order valence-corrected chi connectivity index (χ3v) is 4.12. The van der Waals surface area contributed by atoms with E-state index in [-0.39, 0.29) is 6.04 Å². The van der Waals surface area contributed by atoms with Crippen molar-refractivity contribution >= 4 is 0 Å². The Hall–Kier alpha value is -0.900. The topological polar surface area (TPSA) is 38.5 Å². The molecule has 1 aromatic rings. The van der Waals surface area contributed by atoms with E-state index in [4.69, 9.17) is 10.5 Å². The Bertz CT molecular complexity index is 419. The van der Waals surface area contributed by atoms with Crippen molar-refractivity contribution in [3.8, 4) is 0 Å². The average molecular weight is 262 g/mol. The van der Waals surface area contributed by atoms with Gasteiger partial charge in [0.1, 0.15) is 0 Å². The maximum atomic E-state index is 6.41. The molecular weight excluding hydrogens is 236 g/mol. The van der Waals surface area contributed by atoms with E-state index in [1.165, 1.54) is 23.1 Å². The Kier molecular flexibility index (Phi) is 4.97. The largest absolute Gasteiger partial charge is 0.383 e. The lowest BCUT2D eigenvalue weighted by atomic mass is 9.88. The number of benzene rings is 1. The van der Waals surface area contributed by atoms with Gasteiger partial charge in [-0.2, -0.15) is 0 Å². The number of nitrogens with two attached hydrogens (primary N) is 1. The van der Waals surface area contributed by atoms with Gasteiger partial charge in [-0.15, -0.1) is 0 Å². The van der Waals surface area contributed by atoms with Crippen LogP contribution in [-0.4, -0.2) is 37.7 Å². The SMILES string of the molecule is COCCN1CCCC(N)C1c1cc(C)ccc1C. The number of methoxy groups -OCH3 is 1. The summed E-state index contributed by atoms with van der Waals surface area (Å²) in [5.74, 6) is 0. The molecule has 2 rings (SSSR count). The second-order valence-corrected chi connectivity index (χ2v) is 5.64. The first kappa shape index (κ1) is 14.5. The number of hydrogen-bond acceptors (Lipinski definition) is 3. The molecular formula is C16H26N2O. The number of ether oxygens (including phenoxy) is 1. The van der Waals surface area contributed by atoms with Crippen molar-refractivity contribution in [3.63, 3.8) is 0 Å². The van der Waals surface area contributed by atoms with Gasteiger partial charge in [0.05, 0.1) is 12.6 Å². The number of piperidine rings is 1. The lowest BCUT2D eigenvalue weighted by Crippen LogP contribution is -2.47. The summed E-state index contributed by atoms with van der Waals surface area (Å²) in [6, 6.07) is 7.24. The van der Waals surface area contributed by atoms with Crippen LogP contribution in [0.2, 0.25) is 0 Å². The summed E-state index contributed by atoms with van der Waals surface area (Å²) in [4.78, 5) is 2.49. The van der Waals surface area contributed by atoms with E-state index < -0.39 is 0 Å². The Labute approximate surface area is 116 Å². The van der Waals surface area contributed by atoms with Gasteiger partial charge in [0.25, 0.3) is 0 Å². The highest BCUT2D eigenvalue weighted by Gasteiger charge is 2.30. The van der Waals surface area contributed by atoms with Crippen LogP contribution >= 0.6 is 0 Å². The number of aryl methyl sites for hydroxylation is 2. The van der Waals surface area contributed by atoms with Gasteiger partial charge in [-0.3, -0.25) is 4.90 Å². The zero-order valence-corrected chi connectivity index (χ0v) is 12.4. The minimum absolute atomic E-state index is 0.228. The molecule has 1 saturated heterocycles. The fourth-order valence-electron chi connectivity index (χ4n) is 3.06. The predicted molar refractivity (Wildman–Crippen MR) is 79.3 cm³/mol. The quantitative estimate of drug-likeness (QED) is 0.905. The molecule has 0 saturated carbocycles. The minimum atomic E-state index is 0.228. The number of likely N-dealkylation sites (tertiary alicyclic amines) is 1. The second kappa shape index (κ2) is 6.51. The van der Waals surface area contributed by atoms with Gasteiger partial charge in [0, 0.05) is 19.7 Å². The van der Waals surface area contributed by atoms with E-state index in [2.05, 4.69) is 36.9 Å². The fraction of sp³-hybridized carbons (Fsp3) is 0.625. The maximum absolute atomic E-state index is 6.41. The standard InChI is InChI=1S/C16H26N2O/c1-12-6-7-13(2)14(11-12)16-15(17)5-4-8-18(16)9-10-19-3/h6-7,11,15-16H,4-5,8-10,17H2,1-3H3. The highest BCUT2D eigenvalue weighted by molar-refractivity contribution is 5.34. The minimum Gasteiger partial charge on any atom is -0.383 e. The second-order valence-electron chi connectivity index (χ2n) is 5.64. The zero-order valence-electron chi connectivity index (χ0n) is 12.4. The van der Waals surface area contributed by atoms with Crippen LogP contribution in [0.4, 0.5) is 0 Å². The first-order valence-electron chi connectivity index (χ1n) is 7.19. The lowest BCUT2D eigenvalue weighted by molar-refractivity contribution is 0.0845. The molecule has 3 heteroatoms. The van der Waals surface area contributed by atoms with E-state index in [9.17, 15) is 0 Å². The first-order chi connectivity index (χ1) is 9.13. The highest BCUT2D eigenvalue weighted by Crippen LogP contribution is 2.32. The van der Waals surface area contributed by atoms with Gasteiger partial charge in [0.15, 0.2) is 0 Å². The molecule has 19 heavy (non-hydrogen) atoms. The van der Waals surface area contributed by atoms with Crippen LogP contribution in [0, 0.1) is 13.8 Å². The van der Waals surface area contributed by atoms with Crippen molar-refractivity contribution in [2.24, 2.45) is 5.73 Å². The normalized spacial score (nSPS) is 24.6. The molecule has 0 radical (unpaired) electrons. The molecule has 1 aliphatic heterocycles. The van der Waals surface area contributed by atoms with E-state index in [1.54, 1.807) is 7.11 Å². The van der Waals surface area contributed by atoms with Gasteiger partial charge in [0.2, 0.25) is 0 Å². The molecule has 1 aliphatic rings. The summed E-state index contributed by atoms with van der Waals surface area (Å²) in [5, 5.41) is 0. The highest BCUT2D eigenvalue weighted by atomic mass is 16.5. The van der Waals surface area contributed by atoms with Gasteiger partial charge in [-0.25, -0.2) is 0 Å². The van der Waals surface area contributed by atoms with Crippen LogP contribution in [0.15, 0.2) is 18.2 Å². The third-order valence-electron chi connectivity index (χ3n) is 4.12. The van der Waals surface area contributed by atoms with Gasteiger partial charge in [-0.1, -0.05) is 23.8 Å². The van der Waals surface area contributed by atoms with E-state index in [0.29, 0.717) is 6.04 Å². The van der Waals surface area contributed by atoms with E-state index in [1.807, 2.05) is 0 Å². The lowest BCUT2D eigenvalue weighted by Gasteiger charge is -2.40. The van der Waals surface area contributed by atoms with Crippen molar-refractivity contribution in [1.82, 2.24) is 4.90 Å². The molecule has 0 spiro atoms. The average Bonchev–Trinajstić information content (AvgIpc) is 2.39. The van der Waals surface area contributed by atoms with Crippen LogP contribution in [0.1, 0.15) is 35.6 Å². The molecule has 2 atom stereocenters. The Morgan fingerprint density at radius 2 is 2.16 bits per heavy atom. The number of rotatable bonds is 4. The van der Waals surface area contributed by atoms with E-state index >= 15 is 0 Å². The van der Waals surface area contributed by atoms with Crippen molar-refractivity contribution in [3.05, 3.63) is 34.9 Å². The third kappa shape index (κ3) is 3.35. The maximum Gasteiger partial charge on any atom is 0.0589 e. The molecule has 1 fully saturated rings. The Morgan fingerprint density at radius 3 is 2.89 bits per heavy atom. The smallest absolute Gasteiger partial charge is 0.0589 e. The molecule has 2 N–H and O–H groups in total. The van der Waals surface area contributed by atoms with Gasteiger partial charge >= 0.3 is 0 Å². The van der Waals surface area contributed by atoms with Crippen molar-refractivity contribution in [2.45, 2.75) is 38.8 Å². The molecule has 1 heterocycles. The molecule has 0 aromatic heterocycles. The Morgan fingerprint density at radius 1 is 1.37 bits per heavy atom. The summed E-state index contributed by atoms with van der Waals surface area (Å²) in [6.07, 6.45) is 2.30. The Balaban J connectivity index is 2.27. The van der Waals surface area contributed by atoms with Gasteiger partial charge in [-0.05, 0) is 44.4 Å². The first-order valence-corrected chi connectivity index (χ1v) is 7.19. The fourth-order valence-corrected chi connectivity index (χ4v) is 3.06. The molecule has 0 aliphatic carbocycles. The summed E-state index contributed by atoms with van der Waals surface area (Å²) in [5.41, 5.74) is 10.5. The van der Waals surface area contributed by atoms with Crippen molar-refractivity contribution in [2.75, 3.05) is 26.8 Å². The predicted octanol–water partition coefficient (Wildman–Crippen LogP) is 2.41. The van der Waals surface area contributed by atoms with Crippen LogP contribution in [0.5, 0.6) is 0 Å². The molecule has 2 unspecified atom stereocenters. The van der Waals surface area contributed by atoms with Crippen LogP contribution in [-0.2, 0) is 4.74 Å². The summed E-state index contributed by atoms with van der Waals surface area (Å²) in [7, 11) is 1.76. The van der Waals surface area contributed by atoms with Crippen LogP contribution in [0.3, 0.4) is 0 Å².